The van der Waals surface area contributed by atoms with Crippen molar-refractivity contribution in [1.82, 2.24) is 0 Å². The smallest absolute Gasteiger partial charge is 0.329 e. The van der Waals surface area contributed by atoms with E-state index in [9.17, 15) is 14.7 Å². The van der Waals surface area contributed by atoms with Crippen LogP contribution in [-0.2, 0) is 14.3 Å². The SMILES string of the molecule is COC(=O)[C@H](Nc1ccc(OC)cc1)[C@H](C(=O)O)[C@@H](c1ccc(C)cc1)[Si](C)(C)C. The molecule has 0 aliphatic carbocycles. The van der Waals surface area contributed by atoms with Gasteiger partial charge >= 0.3 is 11.9 Å². The van der Waals surface area contributed by atoms with Gasteiger partial charge in [-0.3, -0.25) is 4.79 Å². The largest absolute Gasteiger partial charge is 0.497 e. The number of carboxylic acids is 1. The van der Waals surface area contributed by atoms with Crippen LogP contribution in [0, 0.1) is 12.8 Å². The highest BCUT2D eigenvalue weighted by molar-refractivity contribution is 6.77. The number of nitrogens with one attached hydrogen (secondary N) is 1. The lowest BCUT2D eigenvalue weighted by molar-refractivity contribution is -0.151. The maximum atomic E-state index is 12.7. The first-order valence-corrected chi connectivity index (χ1v) is 13.4. The summed E-state index contributed by atoms with van der Waals surface area (Å²) in [6.45, 7) is 8.35. The first-order chi connectivity index (χ1) is 14.1. The number of methoxy groups -OCH3 is 2. The van der Waals surface area contributed by atoms with Gasteiger partial charge in [-0.2, -0.15) is 0 Å². The Labute approximate surface area is 179 Å². The summed E-state index contributed by atoms with van der Waals surface area (Å²) >= 11 is 0. The van der Waals surface area contributed by atoms with Crippen LogP contribution >= 0.6 is 0 Å². The quantitative estimate of drug-likeness (QED) is 0.456. The summed E-state index contributed by atoms with van der Waals surface area (Å²) in [7, 11) is 0.774. The van der Waals surface area contributed by atoms with E-state index in [1.165, 1.54) is 7.11 Å². The topological polar surface area (TPSA) is 84.9 Å². The van der Waals surface area contributed by atoms with Crippen LogP contribution in [0.4, 0.5) is 5.69 Å². The Morgan fingerprint density at radius 2 is 1.53 bits per heavy atom. The van der Waals surface area contributed by atoms with Gasteiger partial charge in [0.2, 0.25) is 0 Å². The Balaban J connectivity index is 2.53. The Bertz CT molecular complexity index is 859. The number of carboxylic acid groups (broad SMARTS) is 1. The first-order valence-electron chi connectivity index (χ1n) is 9.86. The number of anilines is 1. The highest BCUT2D eigenvalue weighted by Crippen LogP contribution is 2.37. The molecule has 0 radical (unpaired) electrons. The predicted octanol–water partition coefficient (Wildman–Crippen LogP) is 4.32. The van der Waals surface area contributed by atoms with Crippen molar-refractivity contribution in [3.8, 4) is 5.75 Å². The molecule has 0 aliphatic rings. The molecule has 2 aromatic rings. The molecule has 3 atom stereocenters. The van der Waals surface area contributed by atoms with Gasteiger partial charge in [0.25, 0.3) is 0 Å². The van der Waals surface area contributed by atoms with Gasteiger partial charge in [-0.05, 0) is 42.3 Å². The van der Waals surface area contributed by atoms with Gasteiger partial charge in [0, 0.05) is 5.69 Å². The number of hydrogen-bond acceptors (Lipinski definition) is 5. The fourth-order valence-electron chi connectivity index (χ4n) is 3.79. The van der Waals surface area contributed by atoms with Crippen molar-refractivity contribution in [2.75, 3.05) is 19.5 Å². The minimum absolute atomic E-state index is 0.301. The van der Waals surface area contributed by atoms with Gasteiger partial charge in [-0.15, -0.1) is 0 Å². The molecule has 2 rings (SSSR count). The normalized spacial score (nSPS) is 14.3. The molecule has 0 aromatic heterocycles. The molecule has 0 amide bonds. The molecule has 0 bridgehead atoms. The summed E-state index contributed by atoms with van der Waals surface area (Å²) in [6, 6.07) is 13.9. The van der Waals surface area contributed by atoms with Gasteiger partial charge in [0.05, 0.1) is 28.2 Å². The molecule has 2 aromatic carbocycles. The van der Waals surface area contributed by atoms with Crippen LogP contribution in [0.15, 0.2) is 48.5 Å². The van der Waals surface area contributed by atoms with Crippen LogP contribution in [0.2, 0.25) is 19.6 Å². The number of benzene rings is 2. The summed E-state index contributed by atoms with van der Waals surface area (Å²) in [5, 5.41) is 13.4. The molecule has 7 heteroatoms. The molecule has 0 aliphatic heterocycles. The van der Waals surface area contributed by atoms with Crippen molar-refractivity contribution in [2.24, 2.45) is 5.92 Å². The second kappa shape index (κ2) is 9.80. The maximum absolute atomic E-state index is 12.7. The molecule has 0 spiro atoms. The lowest BCUT2D eigenvalue weighted by atomic mass is 9.90. The molecule has 0 heterocycles. The minimum Gasteiger partial charge on any atom is -0.497 e. The molecule has 30 heavy (non-hydrogen) atoms. The summed E-state index contributed by atoms with van der Waals surface area (Å²) in [6.07, 6.45) is 0. The second-order valence-electron chi connectivity index (χ2n) is 8.49. The maximum Gasteiger partial charge on any atom is 0.329 e. The third kappa shape index (κ3) is 5.63. The van der Waals surface area contributed by atoms with Crippen molar-refractivity contribution in [1.29, 1.82) is 0 Å². The van der Waals surface area contributed by atoms with Crippen LogP contribution in [-0.4, -0.2) is 45.4 Å². The highest BCUT2D eigenvalue weighted by Gasteiger charge is 2.46. The zero-order valence-electron chi connectivity index (χ0n) is 18.4. The average molecular weight is 430 g/mol. The van der Waals surface area contributed by atoms with Gasteiger partial charge < -0.3 is 19.9 Å². The summed E-state index contributed by atoms with van der Waals surface area (Å²) in [4.78, 5) is 25.3. The third-order valence-electron chi connectivity index (χ3n) is 5.24. The average Bonchev–Trinajstić information content (AvgIpc) is 2.70. The molecular formula is C23H31NO5Si. The Morgan fingerprint density at radius 1 is 0.967 bits per heavy atom. The molecular weight excluding hydrogens is 398 g/mol. The zero-order valence-corrected chi connectivity index (χ0v) is 19.4. The van der Waals surface area contributed by atoms with Crippen LogP contribution in [0.3, 0.4) is 0 Å². The molecule has 6 nitrogen and oxygen atoms in total. The van der Waals surface area contributed by atoms with Crippen LogP contribution in [0.5, 0.6) is 5.75 Å². The van der Waals surface area contributed by atoms with E-state index in [2.05, 4.69) is 25.0 Å². The van der Waals surface area contributed by atoms with E-state index in [1.807, 2.05) is 31.2 Å². The van der Waals surface area contributed by atoms with E-state index in [-0.39, 0.29) is 5.54 Å². The fourth-order valence-corrected chi connectivity index (χ4v) is 6.39. The number of hydrogen-bond donors (Lipinski definition) is 2. The van der Waals surface area contributed by atoms with Crippen molar-refractivity contribution in [3.63, 3.8) is 0 Å². The molecule has 162 valence electrons. The molecule has 0 fully saturated rings. The third-order valence-corrected chi connectivity index (χ3v) is 7.80. The Kier molecular flexibility index (Phi) is 7.67. The zero-order chi connectivity index (χ0) is 22.5. The van der Waals surface area contributed by atoms with Crippen LogP contribution < -0.4 is 10.1 Å². The molecule has 0 unspecified atom stereocenters. The monoisotopic (exact) mass is 429 g/mol. The van der Waals surface area contributed by atoms with E-state index in [4.69, 9.17) is 9.47 Å². The number of ether oxygens (including phenoxy) is 2. The number of aliphatic carboxylic acids is 1. The lowest BCUT2D eigenvalue weighted by Crippen LogP contribution is -2.50. The number of rotatable bonds is 9. The minimum atomic E-state index is -2.07. The number of carbonyl (C=O) groups is 2. The van der Waals surface area contributed by atoms with Crippen LogP contribution in [0.1, 0.15) is 16.7 Å². The van der Waals surface area contributed by atoms with Crippen molar-refractivity contribution in [2.45, 2.75) is 38.1 Å². The number of aryl methyl sites for hydroxylation is 1. The van der Waals surface area contributed by atoms with E-state index in [1.54, 1.807) is 31.4 Å². The fraction of sp³-hybridized carbons (Fsp3) is 0.391. The highest BCUT2D eigenvalue weighted by atomic mass is 28.3. The van der Waals surface area contributed by atoms with E-state index < -0.39 is 32.0 Å². The van der Waals surface area contributed by atoms with E-state index in [0.29, 0.717) is 11.4 Å². The van der Waals surface area contributed by atoms with Crippen LogP contribution in [0.25, 0.3) is 0 Å². The standard InChI is InChI=1S/C23H31NO5Si/c1-15-7-9-16(10-8-15)21(30(4,5)6)19(22(25)26)20(23(27)29-3)24-17-11-13-18(28-2)14-12-17/h7-14,19-21,24H,1-6H3,(H,25,26)/t19-,20+,21+/m0/s1. The summed E-state index contributed by atoms with van der Waals surface area (Å²) in [5.74, 6) is -1.95. The lowest BCUT2D eigenvalue weighted by Gasteiger charge is -2.37. The molecule has 0 saturated heterocycles. The van der Waals surface area contributed by atoms with Gasteiger partial charge in [-0.25, -0.2) is 4.79 Å². The van der Waals surface area contributed by atoms with Crippen molar-refractivity contribution < 1.29 is 24.2 Å². The Morgan fingerprint density at radius 3 is 1.97 bits per heavy atom. The van der Waals surface area contributed by atoms with Gasteiger partial charge in [0.15, 0.2) is 0 Å². The van der Waals surface area contributed by atoms with Gasteiger partial charge in [-0.1, -0.05) is 49.5 Å². The molecule has 2 N–H and O–H groups in total. The predicted molar refractivity (Wildman–Crippen MR) is 121 cm³/mol. The van der Waals surface area contributed by atoms with Crippen molar-refractivity contribution in [3.05, 3.63) is 59.7 Å². The van der Waals surface area contributed by atoms with Crippen molar-refractivity contribution >= 4 is 25.7 Å². The number of carbonyl (C=O) groups excluding carboxylic acids is 1. The number of esters is 1. The summed E-state index contributed by atoms with van der Waals surface area (Å²) < 4.78 is 10.2. The summed E-state index contributed by atoms with van der Waals surface area (Å²) in [5.41, 5.74) is 2.35. The Hall–Kier alpha value is -2.80. The first kappa shape index (κ1) is 23.5. The van der Waals surface area contributed by atoms with E-state index in [0.717, 1.165) is 11.1 Å². The molecule has 0 saturated carbocycles. The second-order valence-corrected chi connectivity index (χ2v) is 13.8. The van der Waals surface area contributed by atoms with E-state index >= 15 is 0 Å². The van der Waals surface area contributed by atoms with Gasteiger partial charge in [0.1, 0.15) is 11.8 Å².